The molecule has 8 heteroatoms. The maximum absolute atomic E-state index is 11.9. The number of carbonyl (C=O) groups is 1. The smallest absolute Gasteiger partial charge is 0.308 e. The fourth-order valence-corrected chi connectivity index (χ4v) is 5.20. The van der Waals surface area contributed by atoms with Crippen molar-refractivity contribution in [1.82, 2.24) is 4.90 Å². The highest BCUT2D eigenvalue weighted by Crippen LogP contribution is 2.34. The summed E-state index contributed by atoms with van der Waals surface area (Å²) in [5.74, 6) is -1.60. The first-order valence-electron chi connectivity index (χ1n) is 10.4. The summed E-state index contributed by atoms with van der Waals surface area (Å²) in [7, 11) is -3.85. The van der Waals surface area contributed by atoms with Gasteiger partial charge in [-0.3, -0.25) is 9.69 Å². The Morgan fingerprint density at radius 1 is 1.06 bits per heavy atom. The van der Waals surface area contributed by atoms with Crippen LogP contribution in [0.25, 0.3) is 11.1 Å². The zero-order valence-corrected chi connectivity index (χ0v) is 18.6. The molecule has 0 spiro atoms. The molecule has 1 aliphatic rings. The normalized spacial score (nSPS) is 18.7. The minimum atomic E-state index is -3.85. The van der Waals surface area contributed by atoms with Crippen LogP contribution in [0.15, 0.2) is 77.7 Å². The molecule has 1 aliphatic heterocycles. The van der Waals surface area contributed by atoms with Gasteiger partial charge in [-0.1, -0.05) is 54.6 Å². The summed E-state index contributed by atoms with van der Waals surface area (Å²) >= 11 is 0. The lowest BCUT2D eigenvalue weighted by Crippen LogP contribution is -2.23. The maximum atomic E-state index is 11.9. The molecule has 33 heavy (non-hydrogen) atoms. The van der Waals surface area contributed by atoms with E-state index in [-0.39, 0.29) is 10.8 Å². The molecule has 0 radical (unpaired) electrons. The Morgan fingerprint density at radius 2 is 1.79 bits per heavy atom. The number of rotatable bonds is 6. The van der Waals surface area contributed by atoms with Gasteiger partial charge in [0.05, 0.1) is 22.4 Å². The summed E-state index contributed by atoms with van der Waals surface area (Å²) in [5, 5.41) is 24.3. The number of likely N-dealkylation sites (tertiary alicyclic amines) is 1. The molecule has 0 bridgehead atoms. The molecule has 2 atom stereocenters. The minimum Gasteiger partial charge on any atom is -0.481 e. The summed E-state index contributed by atoms with van der Waals surface area (Å²) in [4.78, 5) is 14.1. The van der Waals surface area contributed by atoms with Crippen molar-refractivity contribution in [2.75, 3.05) is 13.1 Å². The fourth-order valence-electron chi connectivity index (χ4n) is 4.44. The Kier molecular flexibility index (Phi) is 6.29. The summed E-state index contributed by atoms with van der Waals surface area (Å²) in [5.41, 5.74) is 3.64. The Hall–Kier alpha value is -3.51. The van der Waals surface area contributed by atoms with E-state index in [4.69, 9.17) is 5.14 Å². The number of hydrogen-bond acceptors (Lipinski definition) is 5. The quantitative estimate of drug-likeness (QED) is 0.581. The number of aliphatic carboxylic acids is 1. The fraction of sp³-hybridized carbons (Fsp3) is 0.200. The molecular weight excluding hydrogens is 438 g/mol. The molecule has 1 heterocycles. The van der Waals surface area contributed by atoms with Crippen molar-refractivity contribution in [2.45, 2.75) is 17.4 Å². The molecule has 0 unspecified atom stereocenters. The molecule has 168 valence electrons. The third kappa shape index (κ3) is 4.96. The molecule has 3 N–H and O–H groups in total. The van der Waals surface area contributed by atoms with Gasteiger partial charge < -0.3 is 5.11 Å². The van der Waals surface area contributed by atoms with Gasteiger partial charge in [0.25, 0.3) is 0 Å². The molecule has 3 aromatic rings. The predicted molar refractivity (Wildman–Crippen MR) is 124 cm³/mol. The lowest BCUT2D eigenvalue weighted by atomic mass is 9.88. The molecule has 4 rings (SSSR count). The first-order valence-corrected chi connectivity index (χ1v) is 12.0. The largest absolute Gasteiger partial charge is 0.481 e. The van der Waals surface area contributed by atoms with Gasteiger partial charge in [0.1, 0.15) is 0 Å². The van der Waals surface area contributed by atoms with Crippen LogP contribution in [-0.2, 0) is 21.4 Å². The van der Waals surface area contributed by atoms with Crippen molar-refractivity contribution in [3.8, 4) is 17.2 Å². The summed E-state index contributed by atoms with van der Waals surface area (Å²) < 4.78 is 23.8. The first kappa shape index (κ1) is 22.7. The topological polar surface area (TPSA) is 124 Å². The van der Waals surface area contributed by atoms with E-state index in [0.717, 1.165) is 16.7 Å². The maximum Gasteiger partial charge on any atom is 0.308 e. The van der Waals surface area contributed by atoms with Gasteiger partial charge in [-0.2, -0.15) is 5.26 Å². The van der Waals surface area contributed by atoms with Crippen molar-refractivity contribution in [2.24, 2.45) is 11.1 Å². The monoisotopic (exact) mass is 461 g/mol. The molecule has 0 saturated carbocycles. The van der Waals surface area contributed by atoms with E-state index >= 15 is 0 Å². The Labute approximate surface area is 192 Å². The van der Waals surface area contributed by atoms with E-state index in [1.807, 2.05) is 30.3 Å². The summed E-state index contributed by atoms with van der Waals surface area (Å²) in [6.45, 7) is 1.55. The molecule has 0 aromatic heterocycles. The van der Waals surface area contributed by atoms with Gasteiger partial charge in [-0.15, -0.1) is 0 Å². The number of sulfonamides is 1. The van der Waals surface area contributed by atoms with E-state index in [9.17, 15) is 23.6 Å². The van der Waals surface area contributed by atoms with Crippen molar-refractivity contribution in [3.05, 3.63) is 89.5 Å². The SMILES string of the molecule is N#Cc1cccc([C@H]2CN(Cc3ccc(-c4ccccc4S(N)(=O)=O)cc3)C[C@@H]2C(=O)O)c1. The molecular formula is C25H23N3O4S. The Morgan fingerprint density at radius 3 is 2.45 bits per heavy atom. The molecule has 0 amide bonds. The number of carboxylic acid groups (broad SMARTS) is 1. The van der Waals surface area contributed by atoms with Crippen LogP contribution in [0.1, 0.15) is 22.6 Å². The van der Waals surface area contributed by atoms with Gasteiger partial charge in [-0.05, 0) is 34.9 Å². The van der Waals surface area contributed by atoms with E-state index in [0.29, 0.717) is 30.8 Å². The van der Waals surface area contributed by atoms with Crippen LogP contribution in [-0.4, -0.2) is 37.5 Å². The number of primary sulfonamides is 1. The Balaban J connectivity index is 1.53. The summed E-state index contributed by atoms with van der Waals surface area (Å²) in [6.07, 6.45) is 0. The summed E-state index contributed by atoms with van der Waals surface area (Å²) in [6, 6.07) is 23.4. The highest BCUT2D eigenvalue weighted by molar-refractivity contribution is 7.89. The minimum absolute atomic E-state index is 0.0732. The number of carboxylic acids is 1. The third-order valence-corrected chi connectivity index (χ3v) is 6.99. The van der Waals surface area contributed by atoms with Crippen LogP contribution < -0.4 is 5.14 Å². The lowest BCUT2D eigenvalue weighted by molar-refractivity contribution is -0.141. The number of nitrogens with two attached hydrogens (primary N) is 1. The van der Waals surface area contributed by atoms with E-state index in [1.54, 1.807) is 36.4 Å². The zero-order valence-electron chi connectivity index (χ0n) is 17.8. The zero-order chi connectivity index (χ0) is 23.6. The van der Waals surface area contributed by atoms with Crippen molar-refractivity contribution >= 4 is 16.0 Å². The van der Waals surface area contributed by atoms with Gasteiger partial charge in [0.15, 0.2) is 0 Å². The lowest BCUT2D eigenvalue weighted by Gasteiger charge is -2.17. The van der Waals surface area contributed by atoms with Crippen LogP contribution >= 0.6 is 0 Å². The second-order valence-corrected chi connectivity index (χ2v) is 9.75. The molecule has 1 saturated heterocycles. The van der Waals surface area contributed by atoms with Gasteiger partial charge in [-0.25, -0.2) is 13.6 Å². The van der Waals surface area contributed by atoms with Crippen molar-refractivity contribution in [1.29, 1.82) is 5.26 Å². The average Bonchev–Trinajstić information content (AvgIpc) is 3.23. The van der Waals surface area contributed by atoms with E-state index in [2.05, 4.69) is 11.0 Å². The second-order valence-electron chi connectivity index (χ2n) is 8.22. The van der Waals surface area contributed by atoms with Crippen LogP contribution in [0.4, 0.5) is 0 Å². The third-order valence-electron chi connectivity index (χ3n) is 6.02. The van der Waals surface area contributed by atoms with Crippen LogP contribution in [0.2, 0.25) is 0 Å². The highest BCUT2D eigenvalue weighted by Gasteiger charge is 2.38. The van der Waals surface area contributed by atoms with E-state index in [1.165, 1.54) is 6.07 Å². The average molecular weight is 462 g/mol. The van der Waals surface area contributed by atoms with Crippen LogP contribution in [0.3, 0.4) is 0 Å². The first-order chi connectivity index (χ1) is 15.8. The molecule has 0 aliphatic carbocycles. The standard InChI is InChI=1S/C25H23N3O4S/c26-13-18-4-3-5-20(12-18)22-15-28(16-23(22)25(29)30)14-17-8-10-19(11-9-17)21-6-1-2-7-24(21)33(27,31)32/h1-12,22-23H,14-16H2,(H,29,30)(H2,27,31,32)/t22-,23+/m1/s1. The van der Waals surface area contributed by atoms with Crippen LogP contribution in [0, 0.1) is 17.2 Å². The Bertz CT molecular complexity index is 1330. The van der Waals surface area contributed by atoms with Crippen molar-refractivity contribution < 1.29 is 18.3 Å². The van der Waals surface area contributed by atoms with Crippen LogP contribution in [0.5, 0.6) is 0 Å². The van der Waals surface area contributed by atoms with Gasteiger partial charge in [0.2, 0.25) is 10.0 Å². The molecule has 1 fully saturated rings. The number of hydrogen-bond donors (Lipinski definition) is 2. The predicted octanol–water partition coefficient (Wildman–Crippen LogP) is 3.17. The molecule has 7 nitrogen and oxygen atoms in total. The highest BCUT2D eigenvalue weighted by atomic mass is 32.2. The number of nitriles is 1. The van der Waals surface area contributed by atoms with E-state index < -0.39 is 21.9 Å². The molecule has 3 aromatic carbocycles. The second kappa shape index (κ2) is 9.16. The van der Waals surface area contributed by atoms with Gasteiger partial charge >= 0.3 is 5.97 Å². The van der Waals surface area contributed by atoms with Crippen molar-refractivity contribution in [3.63, 3.8) is 0 Å². The number of nitrogens with zero attached hydrogens (tertiary/aromatic N) is 2. The number of benzene rings is 3. The van der Waals surface area contributed by atoms with Gasteiger partial charge in [0, 0.05) is 31.1 Å².